The molecular formula is C18H24FN3OS. The van der Waals surface area contributed by atoms with Gasteiger partial charge in [-0.15, -0.1) is 11.3 Å². The number of benzene rings is 1. The normalized spacial score (nSPS) is 12.9. The van der Waals surface area contributed by atoms with Gasteiger partial charge in [0.25, 0.3) is 0 Å². The molecule has 0 aliphatic carbocycles. The molecule has 130 valence electrons. The highest BCUT2D eigenvalue weighted by Gasteiger charge is 2.10. The van der Waals surface area contributed by atoms with Crippen LogP contribution in [0.3, 0.4) is 0 Å². The molecule has 1 atom stereocenters. The zero-order chi connectivity index (χ0) is 17.4. The summed E-state index contributed by atoms with van der Waals surface area (Å²) in [4.78, 5) is 7.90. The van der Waals surface area contributed by atoms with Crippen molar-refractivity contribution in [3.63, 3.8) is 0 Å². The summed E-state index contributed by atoms with van der Waals surface area (Å²) in [5.74, 6) is 0.450. The van der Waals surface area contributed by atoms with Crippen LogP contribution in [0.4, 0.5) is 4.39 Å². The van der Waals surface area contributed by atoms with E-state index in [4.69, 9.17) is 0 Å². The first-order valence-electron chi connectivity index (χ1n) is 8.05. The average molecular weight is 349 g/mol. The van der Waals surface area contributed by atoms with E-state index in [-0.39, 0.29) is 12.4 Å². The fraction of sp³-hybridized carbons (Fsp3) is 0.389. The van der Waals surface area contributed by atoms with E-state index in [2.05, 4.69) is 32.7 Å². The second-order valence-electron chi connectivity index (χ2n) is 5.51. The summed E-state index contributed by atoms with van der Waals surface area (Å²) in [6.45, 7) is 3.85. The van der Waals surface area contributed by atoms with E-state index >= 15 is 0 Å². The average Bonchev–Trinajstić information content (AvgIpc) is 3.10. The number of nitrogens with one attached hydrogen (secondary N) is 1. The largest absolute Gasteiger partial charge is 0.386 e. The fourth-order valence-corrected chi connectivity index (χ4v) is 2.97. The summed E-state index contributed by atoms with van der Waals surface area (Å²) < 4.78 is 12.9. The number of halogens is 1. The number of hydrogen-bond acceptors (Lipinski definition) is 3. The van der Waals surface area contributed by atoms with Crippen molar-refractivity contribution >= 4 is 17.3 Å². The predicted octanol–water partition coefficient (Wildman–Crippen LogP) is 3.06. The maximum atomic E-state index is 12.9. The summed E-state index contributed by atoms with van der Waals surface area (Å²) in [6, 6.07) is 10.0. The maximum Gasteiger partial charge on any atom is 0.193 e. The monoisotopic (exact) mass is 349 g/mol. The van der Waals surface area contributed by atoms with Gasteiger partial charge in [-0.05, 0) is 42.5 Å². The van der Waals surface area contributed by atoms with Crippen LogP contribution in [-0.2, 0) is 6.42 Å². The fourth-order valence-electron chi connectivity index (χ4n) is 2.27. The number of guanidine groups is 1. The Morgan fingerprint density at radius 3 is 2.71 bits per heavy atom. The van der Waals surface area contributed by atoms with Crippen molar-refractivity contribution in [1.29, 1.82) is 0 Å². The molecule has 0 aliphatic rings. The van der Waals surface area contributed by atoms with Crippen LogP contribution >= 0.6 is 11.3 Å². The Labute approximate surface area is 146 Å². The molecule has 1 aromatic carbocycles. The van der Waals surface area contributed by atoms with Crippen molar-refractivity contribution in [2.24, 2.45) is 4.99 Å². The van der Waals surface area contributed by atoms with Crippen LogP contribution in [0.25, 0.3) is 0 Å². The van der Waals surface area contributed by atoms with Crippen LogP contribution in [-0.4, -0.2) is 42.6 Å². The van der Waals surface area contributed by atoms with Gasteiger partial charge in [-0.2, -0.15) is 0 Å². The second-order valence-corrected chi connectivity index (χ2v) is 6.55. The van der Waals surface area contributed by atoms with Crippen molar-refractivity contribution in [2.75, 3.05) is 26.7 Å². The highest BCUT2D eigenvalue weighted by Crippen LogP contribution is 2.14. The summed E-state index contributed by atoms with van der Waals surface area (Å²) in [5, 5.41) is 15.5. The van der Waals surface area contributed by atoms with Crippen LogP contribution in [0, 0.1) is 5.82 Å². The molecule has 2 aromatic rings. The summed E-state index contributed by atoms with van der Waals surface area (Å²) in [7, 11) is 1.99. The first-order chi connectivity index (χ1) is 11.6. The Morgan fingerprint density at radius 1 is 1.33 bits per heavy atom. The first kappa shape index (κ1) is 18.4. The van der Waals surface area contributed by atoms with Crippen molar-refractivity contribution in [2.45, 2.75) is 19.4 Å². The first-order valence-corrected chi connectivity index (χ1v) is 8.93. The summed E-state index contributed by atoms with van der Waals surface area (Å²) in [6.07, 6.45) is 0.212. The van der Waals surface area contributed by atoms with Crippen molar-refractivity contribution < 1.29 is 9.50 Å². The molecule has 4 nitrogen and oxygen atoms in total. The molecule has 2 rings (SSSR count). The third-order valence-corrected chi connectivity index (χ3v) is 4.58. The molecule has 2 N–H and O–H groups in total. The zero-order valence-electron chi connectivity index (χ0n) is 14.1. The number of thiophene rings is 1. The van der Waals surface area contributed by atoms with Crippen LogP contribution in [0.15, 0.2) is 46.8 Å². The lowest BCUT2D eigenvalue weighted by Crippen LogP contribution is -2.40. The lowest BCUT2D eigenvalue weighted by atomic mass is 10.1. The number of hydrogen-bond donors (Lipinski definition) is 2. The smallest absolute Gasteiger partial charge is 0.193 e. The maximum absolute atomic E-state index is 12.9. The highest BCUT2D eigenvalue weighted by molar-refractivity contribution is 7.09. The molecule has 1 aromatic heterocycles. The summed E-state index contributed by atoms with van der Waals surface area (Å²) >= 11 is 1.75. The lowest BCUT2D eigenvalue weighted by Gasteiger charge is -2.22. The minimum absolute atomic E-state index is 0.233. The third-order valence-electron chi connectivity index (χ3n) is 3.64. The van der Waals surface area contributed by atoms with Gasteiger partial charge in [-0.25, -0.2) is 4.39 Å². The molecule has 1 heterocycles. The highest BCUT2D eigenvalue weighted by atomic mass is 32.1. The van der Waals surface area contributed by atoms with E-state index in [1.165, 1.54) is 17.0 Å². The Kier molecular flexibility index (Phi) is 7.21. The number of rotatable bonds is 7. The van der Waals surface area contributed by atoms with Crippen molar-refractivity contribution in [3.05, 3.63) is 58.0 Å². The van der Waals surface area contributed by atoms with Crippen LogP contribution in [0.2, 0.25) is 0 Å². The topological polar surface area (TPSA) is 47.9 Å². The van der Waals surface area contributed by atoms with Gasteiger partial charge < -0.3 is 15.3 Å². The minimum Gasteiger partial charge on any atom is -0.386 e. The van der Waals surface area contributed by atoms with Gasteiger partial charge in [0.05, 0.1) is 12.6 Å². The van der Waals surface area contributed by atoms with E-state index in [1.54, 1.807) is 23.5 Å². The van der Waals surface area contributed by atoms with E-state index in [0.717, 1.165) is 25.5 Å². The molecule has 1 unspecified atom stereocenters. The van der Waals surface area contributed by atoms with E-state index in [9.17, 15) is 9.50 Å². The molecule has 0 radical (unpaired) electrons. The molecule has 0 bridgehead atoms. The zero-order valence-corrected chi connectivity index (χ0v) is 14.9. The molecule has 24 heavy (non-hydrogen) atoms. The van der Waals surface area contributed by atoms with Gasteiger partial charge >= 0.3 is 0 Å². The predicted molar refractivity (Wildman–Crippen MR) is 98.0 cm³/mol. The molecule has 0 aliphatic heterocycles. The van der Waals surface area contributed by atoms with Gasteiger partial charge in [0, 0.05) is 25.0 Å². The number of aliphatic hydroxyl groups is 1. The van der Waals surface area contributed by atoms with Crippen LogP contribution < -0.4 is 5.32 Å². The number of nitrogens with zero attached hydrogens (tertiary/aromatic N) is 2. The van der Waals surface area contributed by atoms with Crippen molar-refractivity contribution in [1.82, 2.24) is 10.2 Å². The van der Waals surface area contributed by atoms with Gasteiger partial charge in [-0.3, -0.25) is 4.99 Å². The third kappa shape index (κ3) is 5.62. The molecule has 0 amide bonds. The standard InChI is InChI=1S/C18H24FN3OS/c1-3-20-18(22(2)11-10-16-5-4-12-24-16)21-13-17(23)14-6-8-15(19)9-7-14/h4-9,12,17,23H,3,10-11,13H2,1-2H3,(H,20,21). The molecule has 6 heteroatoms. The quantitative estimate of drug-likeness (QED) is 0.597. The minimum atomic E-state index is -0.745. The second kappa shape index (κ2) is 9.39. The molecule has 0 fully saturated rings. The van der Waals surface area contributed by atoms with E-state index < -0.39 is 6.10 Å². The van der Waals surface area contributed by atoms with Crippen LogP contribution in [0.1, 0.15) is 23.5 Å². The van der Waals surface area contributed by atoms with E-state index in [0.29, 0.717) is 5.56 Å². The lowest BCUT2D eigenvalue weighted by molar-refractivity contribution is 0.186. The van der Waals surface area contributed by atoms with E-state index in [1.807, 2.05) is 14.0 Å². The number of aliphatic imine (C=N–C) groups is 1. The van der Waals surface area contributed by atoms with Crippen molar-refractivity contribution in [3.8, 4) is 0 Å². The molecular weight excluding hydrogens is 325 g/mol. The Hall–Kier alpha value is -1.92. The molecule has 0 saturated heterocycles. The summed E-state index contributed by atoms with van der Waals surface area (Å²) in [5.41, 5.74) is 0.664. The Balaban J connectivity index is 1.94. The molecule has 0 spiro atoms. The SMILES string of the molecule is CCNC(=NCC(O)c1ccc(F)cc1)N(C)CCc1cccs1. The Bertz CT molecular complexity index is 628. The van der Waals surface area contributed by atoms with Gasteiger partial charge in [0.1, 0.15) is 5.82 Å². The van der Waals surface area contributed by atoms with Gasteiger partial charge in [0.15, 0.2) is 5.96 Å². The number of aliphatic hydroxyl groups excluding tert-OH is 1. The Morgan fingerprint density at radius 2 is 2.08 bits per heavy atom. The molecule has 0 saturated carbocycles. The van der Waals surface area contributed by atoms with Gasteiger partial charge in [-0.1, -0.05) is 18.2 Å². The van der Waals surface area contributed by atoms with Crippen LogP contribution in [0.5, 0.6) is 0 Å². The van der Waals surface area contributed by atoms with Gasteiger partial charge in [0.2, 0.25) is 0 Å². The number of likely N-dealkylation sites (N-methyl/N-ethyl adjacent to an activating group) is 1.